The first-order valence-electron chi connectivity index (χ1n) is 6.58. The van der Waals surface area contributed by atoms with Crippen molar-refractivity contribution in [2.45, 2.75) is 12.8 Å². The number of carbonyl (C=O) groups is 1. The van der Waals surface area contributed by atoms with Crippen molar-refractivity contribution in [3.63, 3.8) is 0 Å². The highest BCUT2D eigenvalue weighted by Gasteiger charge is 2.44. The van der Waals surface area contributed by atoms with Crippen LogP contribution >= 0.6 is 0 Å². The van der Waals surface area contributed by atoms with Crippen LogP contribution in [0, 0.1) is 5.41 Å². The molecule has 3 rings (SSSR count). The van der Waals surface area contributed by atoms with E-state index in [1.807, 2.05) is 18.2 Å². The Bertz CT molecular complexity index is 492. The van der Waals surface area contributed by atoms with E-state index in [-0.39, 0.29) is 5.91 Å². The number of hydrogen-bond acceptors (Lipinski definition) is 4. The highest BCUT2D eigenvalue weighted by Crippen LogP contribution is 2.30. The number of aryl methyl sites for hydroxylation is 1. The van der Waals surface area contributed by atoms with Crippen molar-refractivity contribution in [3.8, 4) is 5.75 Å². The van der Waals surface area contributed by atoms with Crippen LogP contribution < -0.4 is 15.8 Å². The van der Waals surface area contributed by atoms with Gasteiger partial charge in [0.15, 0.2) is 0 Å². The SMILES string of the molecule is NCC1(C(=O)Nc2ccc3c(c2)CCCO3)COC1. The maximum Gasteiger partial charge on any atom is 0.236 e. The third kappa shape index (κ3) is 2.19. The second kappa shape index (κ2) is 4.83. The molecule has 0 radical (unpaired) electrons. The van der Waals surface area contributed by atoms with Gasteiger partial charge in [0.1, 0.15) is 11.2 Å². The smallest absolute Gasteiger partial charge is 0.236 e. The predicted molar refractivity (Wildman–Crippen MR) is 71.2 cm³/mol. The van der Waals surface area contributed by atoms with E-state index in [0.29, 0.717) is 19.8 Å². The molecule has 0 unspecified atom stereocenters. The van der Waals surface area contributed by atoms with E-state index in [1.165, 1.54) is 0 Å². The number of rotatable bonds is 3. The van der Waals surface area contributed by atoms with Gasteiger partial charge in [0.05, 0.1) is 19.8 Å². The molecule has 2 aliphatic heterocycles. The molecule has 5 nitrogen and oxygen atoms in total. The Kier molecular flexibility index (Phi) is 3.16. The highest BCUT2D eigenvalue weighted by molar-refractivity contribution is 5.96. The van der Waals surface area contributed by atoms with Crippen LogP contribution in [0.1, 0.15) is 12.0 Å². The molecule has 1 fully saturated rings. The lowest BCUT2D eigenvalue weighted by molar-refractivity contribution is -0.153. The summed E-state index contributed by atoms with van der Waals surface area (Å²) in [6.07, 6.45) is 2.01. The minimum absolute atomic E-state index is 0.0575. The number of nitrogens with two attached hydrogens (primary N) is 1. The van der Waals surface area contributed by atoms with Gasteiger partial charge in [-0.2, -0.15) is 0 Å². The molecule has 5 heteroatoms. The maximum atomic E-state index is 12.2. The van der Waals surface area contributed by atoms with Crippen LogP contribution in [-0.4, -0.2) is 32.3 Å². The highest BCUT2D eigenvalue weighted by atomic mass is 16.5. The van der Waals surface area contributed by atoms with Crippen molar-refractivity contribution < 1.29 is 14.3 Å². The van der Waals surface area contributed by atoms with Gasteiger partial charge in [-0.3, -0.25) is 4.79 Å². The Balaban J connectivity index is 1.74. The molecule has 102 valence electrons. The molecular formula is C14H18N2O3. The van der Waals surface area contributed by atoms with E-state index < -0.39 is 5.41 Å². The molecule has 19 heavy (non-hydrogen) atoms. The van der Waals surface area contributed by atoms with Gasteiger partial charge in [0.25, 0.3) is 0 Å². The summed E-state index contributed by atoms with van der Waals surface area (Å²) in [5.41, 5.74) is 7.07. The molecule has 1 saturated heterocycles. The second-order valence-corrected chi connectivity index (χ2v) is 5.21. The zero-order valence-electron chi connectivity index (χ0n) is 10.8. The predicted octanol–water partition coefficient (Wildman–Crippen LogP) is 0.925. The summed E-state index contributed by atoms with van der Waals surface area (Å²) in [6.45, 7) is 1.89. The average molecular weight is 262 g/mol. The van der Waals surface area contributed by atoms with E-state index in [4.69, 9.17) is 15.2 Å². The van der Waals surface area contributed by atoms with Crippen molar-refractivity contribution in [1.29, 1.82) is 0 Å². The number of amides is 1. The number of hydrogen-bond donors (Lipinski definition) is 2. The summed E-state index contributed by atoms with van der Waals surface area (Å²) >= 11 is 0. The lowest BCUT2D eigenvalue weighted by atomic mass is 9.85. The number of ether oxygens (including phenoxy) is 2. The van der Waals surface area contributed by atoms with Crippen molar-refractivity contribution in [2.75, 3.05) is 31.7 Å². The van der Waals surface area contributed by atoms with Gasteiger partial charge in [-0.15, -0.1) is 0 Å². The van der Waals surface area contributed by atoms with Crippen LogP contribution in [0.25, 0.3) is 0 Å². The summed E-state index contributed by atoms with van der Waals surface area (Å²) in [6, 6.07) is 5.76. The van der Waals surface area contributed by atoms with Crippen molar-refractivity contribution >= 4 is 11.6 Å². The molecule has 0 atom stereocenters. The minimum atomic E-state index is -0.549. The van der Waals surface area contributed by atoms with Crippen molar-refractivity contribution in [2.24, 2.45) is 11.1 Å². The molecule has 3 N–H and O–H groups in total. The van der Waals surface area contributed by atoms with Crippen LogP contribution in [0.3, 0.4) is 0 Å². The average Bonchev–Trinajstić information content (AvgIpc) is 2.38. The third-order valence-electron chi connectivity index (χ3n) is 3.80. The number of benzene rings is 1. The fourth-order valence-electron chi connectivity index (χ4n) is 2.39. The zero-order valence-corrected chi connectivity index (χ0v) is 10.8. The number of fused-ring (bicyclic) bond motifs is 1. The Morgan fingerprint density at radius 3 is 2.95 bits per heavy atom. The van der Waals surface area contributed by atoms with Gasteiger partial charge < -0.3 is 20.5 Å². The lowest BCUT2D eigenvalue weighted by Crippen LogP contribution is -2.56. The fraction of sp³-hybridized carbons (Fsp3) is 0.500. The summed E-state index contributed by atoms with van der Waals surface area (Å²) in [4.78, 5) is 12.2. The first-order chi connectivity index (χ1) is 9.23. The van der Waals surface area contributed by atoms with Gasteiger partial charge in [-0.05, 0) is 36.6 Å². The minimum Gasteiger partial charge on any atom is -0.493 e. The molecule has 0 bridgehead atoms. The van der Waals surface area contributed by atoms with E-state index in [0.717, 1.165) is 36.4 Å². The Labute approximate surface area is 112 Å². The topological polar surface area (TPSA) is 73.6 Å². The normalized spacial score (nSPS) is 19.8. The number of nitrogens with one attached hydrogen (secondary N) is 1. The van der Waals surface area contributed by atoms with Gasteiger partial charge in [0.2, 0.25) is 5.91 Å². The first kappa shape index (κ1) is 12.4. The third-order valence-corrected chi connectivity index (χ3v) is 3.80. The fourth-order valence-corrected chi connectivity index (χ4v) is 2.39. The van der Waals surface area contributed by atoms with Crippen LogP contribution in [0.2, 0.25) is 0 Å². The van der Waals surface area contributed by atoms with Gasteiger partial charge in [0, 0.05) is 12.2 Å². The van der Waals surface area contributed by atoms with Crippen LogP contribution in [0.15, 0.2) is 18.2 Å². The van der Waals surface area contributed by atoms with Gasteiger partial charge in [-0.1, -0.05) is 0 Å². The Morgan fingerprint density at radius 2 is 2.26 bits per heavy atom. The largest absolute Gasteiger partial charge is 0.493 e. The standard InChI is InChI=1S/C14H18N2O3/c15-7-14(8-18-9-14)13(17)16-11-3-4-12-10(6-11)2-1-5-19-12/h3-4,6H,1-2,5,7-9,15H2,(H,16,17). The molecule has 2 heterocycles. The van der Waals surface area contributed by atoms with Crippen LogP contribution in [0.5, 0.6) is 5.75 Å². The summed E-state index contributed by atoms with van der Waals surface area (Å²) < 4.78 is 10.7. The molecule has 0 aliphatic carbocycles. The molecule has 2 aliphatic rings. The molecule has 1 amide bonds. The molecule has 0 saturated carbocycles. The number of anilines is 1. The Morgan fingerprint density at radius 1 is 1.42 bits per heavy atom. The van der Waals surface area contributed by atoms with E-state index in [1.54, 1.807) is 0 Å². The summed E-state index contributed by atoms with van der Waals surface area (Å²) in [5, 5.41) is 2.93. The van der Waals surface area contributed by atoms with Gasteiger partial charge >= 0.3 is 0 Å². The lowest BCUT2D eigenvalue weighted by Gasteiger charge is -2.38. The van der Waals surface area contributed by atoms with Crippen LogP contribution in [0.4, 0.5) is 5.69 Å². The maximum absolute atomic E-state index is 12.2. The van der Waals surface area contributed by atoms with Gasteiger partial charge in [-0.25, -0.2) is 0 Å². The van der Waals surface area contributed by atoms with Crippen LogP contribution in [-0.2, 0) is 16.0 Å². The first-order valence-corrected chi connectivity index (χ1v) is 6.58. The van der Waals surface area contributed by atoms with Crippen molar-refractivity contribution in [3.05, 3.63) is 23.8 Å². The van der Waals surface area contributed by atoms with E-state index >= 15 is 0 Å². The van der Waals surface area contributed by atoms with E-state index in [2.05, 4.69) is 5.32 Å². The molecule has 0 aromatic heterocycles. The second-order valence-electron chi connectivity index (χ2n) is 5.21. The monoisotopic (exact) mass is 262 g/mol. The summed E-state index contributed by atoms with van der Waals surface area (Å²) in [5.74, 6) is 0.864. The molecule has 1 aromatic rings. The zero-order chi connectivity index (χ0) is 13.3. The Hall–Kier alpha value is -1.59. The molecule has 1 aromatic carbocycles. The number of carbonyl (C=O) groups excluding carboxylic acids is 1. The van der Waals surface area contributed by atoms with Crippen molar-refractivity contribution in [1.82, 2.24) is 0 Å². The molecule has 0 spiro atoms. The van der Waals surface area contributed by atoms with E-state index in [9.17, 15) is 4.79 Å². The summed E-state index contributed by atoms with van der Waals surface area (Å²) in [7, 11) is 0. The quantitative estimate of drug-likeness (QED) is 0.849. The molecular weight excluding hydrogens is 244 g/mol.